The normalized spacial score (nSPS) is 10.3. The Morgan fingerprint density at radius 3 is 2.11 bits per heavy atom. The van der Waals surface area contributed by atoms with E-state index in [1.807, 2.05) is 43.3 Å². The van der Waals surface area contributed by atoms with E-state index >= 15 is 0 Å². The number of hydrogen-bond acceptors (Lipinski definition) is 5. The van der Waals surface area contributed by atoms with Gasteiger partial charge in [0, 0.05) is 17.9 Å². The number of carbonyl (C=O) groups excluding carboxylic acids is 2. The Morgan fingerprint density at radius 2 is 1.59 bits per heavy atom. The molecule has 132 valence electrons. The molecule has 0 aliphatic carbocycles. The number of Topliss-reactive ketones (excluding diaryl/α,β-unsaturated/α-hetero) is 1. The van der Waals surface area contributed by atoms with Crippen LogP contribution in [0.1, 0.15) is 40.9 Å². The molecule has 1 aromatic heterocycles. The monoisotopic (exact) mass is 357 g/mol. The first-order valence-electron chi connectivity index (χ1n) is 8.17. The average Bonchev–Trinajstić information content (AvgIpc) is 2.94. The maximum atomic E-state index is 12.5. The van der Waals surface area contributed by atoms with E-state index in [4.69, 9.17) is 4.84 Å². The van der Waals surface area contributed by atoms with Crippen molar-refractivity contribution in [3.05, 3.63) is 58.7 Å². The molecule has 6 heteroatoms. The first-order chi connectivity index (χ1) is 12.9. The SMILES string of the molecule is CC(=O)On1c(-c2ccc(C)cc2)c(C(C)=O)c2cc(C#N)c(C#N)cc21. The summed E-state index contributed by atoms with van der Waals surface area (Å²) in [6.45, 7) is 4.61. The highest BCUT2D eigenvalue weighted by molar-refractivity contribution is 6.13. The Hall–Kier alpha value is -3.90. The third-order valence-electron chi connectivity index (χ3n) is 4.20. The van der Waals surface area contributed by atoms with Crippen LogP contribution in [0.5, 0.6) is 0 Å². The lowest BCUT2D eigenvalue weighted by atomic mass is 9.99. The lowest BCUT2D eigenvalue weighted by molar-refractivity contribution is -0.140. The van der Waals surface area contributed by atoms with Gasteiger partial charge in [0.05, 0.1) is 27.9 Å². The van der Waals surface area contributed by atoms with Crippen LogP contribution < -0.4 is 4.84 Å². The molecule has 3 aromatic rings. The van der Waals surface area contributed by atoms with E-state index in [0.29, 0.717) is 27.7 Å². The van der Waals surface area contributed by atoms with Gasteiger partial charge in [-0.15, -0.1) is 0 Å². The van der Waals surface area contributed by atoms with Crippen molar-refractivity contribution >= 4 is 22.7 Å². The van der Waals surface area contributed by atoms with Crippen molar-refractivity contribution in [2.45, 2.75) is 20.8 Å². The summed E-state index contributed by atoms with van der Waals surface area (Å²) in [5.74, 6) is -0.812. The molecule has 0 saturated heterocycles. The van der Waals surface area contributed by atoms with Crippen LogP contribution in [0.25, 0.3) is 22.2 Å². The lowest BCUT2D eigenvalue weighted by Crippen LogP contribution is -2.18. The smallest absolute Gasteiger partial charge is 0.329 e. The first kappa shape index (κ1) is 17.9. The molecule has 6 nitrogen and oxygen atoms in total. The number of hydrogen-bond donors (Lipinski definition) is 0. The highest BCUT2D eigenvalue weighted by Gasteiger charge is 2.25. The number of carbonyl (C=O) groups is 2. The predicted octanol–water partition coefficient (Wildman–Crippen LogP) is 3.54. The molecule has 27 heavy (non-hydrogen) atoms. The van der Waals surface area contributed by atoms with Gasteiger partial charge in [-0.1, -0.05) is 29.8 Å². The average molecular weight is 357 g/mol. The largest absolute Gasteiger partial charge is 0.336 e. The van der Waals surface area contributed by atoms with Gasteiger partial charge < -0.3 is 4.84 Å². The minimum absolute atomic E-state index is 0.140. The number of ketones is 1. The second-order valence-electron chi connectivity index (χ2n) is 6.16. The fraction of sp³-hybridized carbons (Fsp3) is 0.143. The van der Waals surface area contributed by atoms with E-state index in [2.05, 4.69) is 0 Å². The van der Waals surface area contributed by atoms with E-state index in [9.17, 15) is 20.1 Å². The zero-order chi connectivity index (χ0) is 19.7. The predicted molar refractivity (Wildman–Crippen MR) is 98.8 cm³/mol. The number of nitriles is 2. The second-order valence-corrected chi connectivity index (χ2v) is 6.16. The fourth-order valence-electron chi connectivity index (χ4n) is 3.04. The Labute approximate surface area is 155 Å². The van der Waals surface area contributed by atoms with Crippen LogP contribution in [0, 0.1) is 29.6 Å². The summed E-state index contributed by atoms with van der Waals surface area (Å²) in [4.78, 5) is 29.6. The quantitative estimate of drug-likeness (QED) is 0.668. The maximum absolute atomic E-state index is 12.5. The van der Waals surface area contributed by atoms with Crippen molar-refractivity contribution in [2.75, 3.05) is 0 Å². The van der Waals surface area contributed by atoms with Crippen molar-refractivity contribution in [3.8, 4) is 23.4 Å². The van der Waals surface area contributed by atoms with Gasteiger partial charge in [0.1, 0.15) is 12.1 Å². The second kappa shape index (κ2) is 6.78. The molecule has 3 rings (SSSR count). The number of benzene rings is 2. The lowest BCUT2D eigenvalue weighted by Gasteiger charge is -2.10. The molecule has 1 heterocycles. The molecular formula is C21H15N3O3. The summed E-state index contributed by atoms with van der Waals surface area (Å²) in [5.41, 5.74) is 3.13. The summed E-state index contributed by atoms with van der Waals surface area (Å²) in [6.07, 6.45) is 0. The van der Waals surface area contributed by atoms with E-state index in [1.165, 1.54) is 30.7 Å². The maximum Gasteiger partial charge on any atom is 0.329 e. The van der Waals surface area contributed by atoms with Crippen LogP contribution in [0.3, 0.4) is 0 Å². The van der Waals surface area contributed by atoms with Crippen LogP contribution in [0.4, 0.5) is 0 Å². The number of rotatable bonds is 3. The minimum atomic E-state index is -0.571. The van der Waals surface area contributed by atoms with E-state index in [0.717, 1.165) is 5.56 Å². The summed E-state index contributed by atoms with van der Waals surface area (Å²) in [6, 6.07) is 14.3. The molecule has 0 spiro atoms. The molecule has 0 unspecified atom stereocenters. The molecule has 0 aliphatic heterocycles. The third-order valence-corrected chi connectivity index (χ3v) is 4.20. The molecule has 2 aromatic carbocycles. The van der Waals surface area contributed by atoms with Crippen LogP contribution in [0.2, 0.25) is 0 Å². The minimum Gasteiger partial charge on any atom is -0.336 e. The van der Waals surface area contributed by atoms with Crippen LogP contribution in [0.15, 0.2) is 36.4 Å². The number of fused-ring (bicyclic) bond motifs is 1. The van der Waals surface area contributed by atoms with Crippen LogP contribution in [-0.4, -0.2) is 16.5 Å². The zero-order valence-electron chi connectivity index (χ0n) is 15.0. The summed E-state index contributed by atoms with van der Waals surface area (Å²) >= 11 is 0. The molecule has 0 atom stereocenters. The summed E-state index contributed by atoms with van der Waals surface area (Å²) in [5, 5.41) is 19.1. The summed E-state index contributed by atoms with van der Waals surface area (Å²) in [7, 11) is 0. The fourth-order valence-corrected chi connectivity index (χ4v) is 3.04. The standard InChI is InChI=1S/C21H15N3O3/c1-12-4-6-15(7-5-12)21-20(13(2)25)18-8-16(10-22)17(11-23)9-19(18)24(21)27-14(3)26/h4-9H,1-3H3. The summed E-state index contributed by atoms with van der Waals surface area (Å²) < 4.78 is 1.26. The van der Waals surface area contributed by atoms with Gasteiger partial charge in [-0.2, -0.15) is 15.3 Å². The number of nitrogens with zero attached hydrogens (tertiary/aromatic N) is 3. The Balaban J connectivity index is 2.51. The van der Waals surface area contributed by atoms with E-state index in [-0.39, 0.29) is 16.9 Å². The molecule has 0 bridgehead atoms. The van der Waals surface area contributed by atoms with Crippen molar-refractivity contribution in [1.82, 2.24) is 4.73 Å². The van der Waals surface area contributed by atoms with E-state index in [1.54, 1.807) is 0 Å². The molecular weight excluding hydrogens is 342 g/mol. The molecule has 0 N–H and O–H groups in total. The number of aromatic nitrogens is 1. The van der Waals surface area contributed by atoms with E-state index < -0.39 is 5.97 Å². The Bertz CT molecular complexity index is 1170. The Morgan fingerprint density at radius 1 is 1.00 bits per heavy atom. The molecule has 0 aliphatic rings. The van der Waals surface area contributed by atoms with Gasteiger partial charge in [-0.25, -0.2) is 4.79 Å². The van der Waals surface area contributed by atoms with Gasteiger partial charge >= 0.3 is 5.97 Å². The van der Waals surface area contributed by atoms with Crippen LogP contribution in [-0.2, 0) is 4.79 Å². The Kier molecular flexibility index (Phi) is 4.50. The third kappa shape index (κ3) is 3.05. The zero-order valence-corrected chi connectivity index (χ0v) is 15.0. The molecule has 0 fully saturated rings. The van der Waals surface area contributed by atoms with Crippen molar-refractivity contribution < 1.29 is 14.4 Å². The van der Waals surface area contributed by atoms with Crippen molar-refractivity contribution in [2.24, 2.45) is 0 Å². The van der Waals surface area contributed by atoms with Gasteiger partial charge in [0.2, 0.25) is 0 Å². The topological polar surface area (TPSA) is 95.9 Å². The van der Waals surface area contributed by atoms with Crippen LogP contribution >= 0.6 is 0 Å². The van der Waals surface area contributed by atoms with Gasteiger partial charge in [-0.05, 0) is 26.0 Å². The van der Waals surface area contributed by atoms with Crippen molar-refractivity contribution in [1.29, 1.82) is 10.5 Å². The molecule has 0 amide bonds. The van der Waals surface area contributed by atoms with Gasteiger partial charge in [0.25, 0.3) is 0 Å². The number of aryl methyl sites for hydroxylation is 1. The highest BCUT2D eigenvalue weighted by atomic mass is 16.7. The molecule has 0 radical (unpaired) electrons. The highest BCUT2D eigenvalue weighted by Crippen LogP contribution is 2.35. The van der Waals surface area contributed by atoms with Gasteiger partial charge in [0.15, 0.2) is 5.78 Å². The van der Waals surface area contributed by atoms with Crippen molar-refractivity contribution in [3.63, 3.8) is 0 Å². The molecule has 0 saturated carbocycles. The van der Waals surface area contributed by atoms with Gasteiger partial charge in [-0.3, -0.25) is 4.79 Å². The first-order valence-corrected chi connectivity index (χ1v) is 8.17.